The lowest BCUT2D eigenvalue weighted by molar-refractivity contribution is -0.164. The van der Waals surface area contributed by atoms with Crippen molar-refractivity contribution in [2.75, 3.05) is 27.3 Å². The Morgan fingerprint density at radius 3 is 2.21 bits per heavy atom. The molecule has 3 aliphatic heterocycles. The summed E-state index contributed by atoms with van der Waals surface area (Å²) in [6, 6.07) is 15.6. The van der Waals surface area contributed by atoms with E-state index in [1.165, 1.54) is 12.0 Å². The highest BCUT2D eigenvalue weighted by Crippen LogP contribution is 2.58. The molecule has 0 N–H and O–H groups in total. The van der Waals surface area contributed by atoms with Crippen molar-refractivity contribution in [2.45, 2.75) is 37.8 Å². The molecule has 0 saturated carbocycles. The zero-order chi connectivity index (χ0) is 24.0. The van der Waals surface area contributed by atoms with Crippen LogP contribution in [0.25, 0.3) is 11.1 Å². The minimum Gasteiger partial charge on any atom is -0.497 e. The normalized spacial score (nSPS) is 28.6. The minimum atomic E-state index is -1.09. The molecule has 5 rings (SSSR count). The van der Waals surface area contributed by atoms with Gasteiger partial charge in [0.1, 0.15) is 11.3 Å². The van der Waals surface area contributed by atoms with Gasteiger partial charge in [-0.3, -0.25) is 24.2 Å². The SMILES string of the molecule is CCN1C(=O)[C@@H]2[C@@H](c3ccc(-c4ccc(OC)cc4)cc3)N3CCCC[C@@]3(C(=O)OC)[C@@H]2C1=O. The number of imide groups is 1. The van der Waals surface area contributed by atoms with Gasteiger partial charge in [0.05, 0.1) is 26.1 Å². The Morgan fingerprint density at radius 2 is 1.62 bits per heavy atom. The number of hydrogen-bond acceptors (Lipinski definition) is 6. The van der Waals surface area contributed by atoms with Gasteiger partial charge in [0.25, 0.3) is 0 Å². The first kappa shape index (κ1) is 22.6. The molecule has 0 bridgehead atoms. The molecule has 2 amide bonds. The predicted molar refractivity (Wildman–Crippen MR) is 126 cm³/mol. The summed E-state index contributed by atoms with van der Waals surface area (Å²) in [6.07, 6.45) is 2.27. The lowest BCUT2D eigenvalue weighted by Crippen LogP contribution is -2.59. The maximum Gasteiger partial charge on any atom is 0.327 e. The summed E-state index contributed by atoms with van der Waals surface area (Å²) in [5.74, 6) is -1.33. The third-order valence-electron chi connectivity index (χ3n) is 7.88. The van der Waals surface area contributed by atoms with Crippen molar-refractivity contribution in [3.63, 3.8) is 0 Å². The van der Waals surface area contributed by atoms with Gasteiger partial charge < -0.3 is 9.47 Å². The van der Waals surface area contributed by atoms with E-state index in [0.29, 0.717) is 19.5 Å². The second-order valence-electron chi connectivity index (χ2n) is 9.29. The molecular weight excluding hydrogens is 432 g/mol. The van der Waals surface area contributed by atoms with Gasteiger partial charge >= 0.3 is 5.97 Å². The Morgan fingerprint density at radius 1 is 0.971 bits per heavy atom. The van der Waals surface area contributed by atoms with Gasteiger partial charge in [-0.05, 0) is 61.6 Å². The summed E-state index contributed by atoms with van der Waals surface area (Å²) < 4.78 is 10.5. The van der Waals surface area contributed by atoms with Crippen LogP contribution in [0.3, 0.4) is 0 Å². The molecule has 34 heavy (non-hydrogen) atoms. The van der Waals surface area contributed by atoms with Crippen LogP contribution in [0.4, 0.5) is 0 Å². The Labute approximate surface area is 199 Å². The number of methoxy groups -OCH3 is 2. The summed E-state index contributed by atoms with van der Waals surface area (Å²) in [5.41, 5.74) is 1.96. The highest BCUT2D eigenvalue weighted by molar-refractivity contribution is 6.09. The molecule has 0 spiro atoms. The fraction of sp³-hybridized carbons (Fsp3) is 0.444. The lowest BCUT2D eigenvalue weighted by atomic mass is 9.75. The number of likely N-dealkylation sites (tertiary alicyclic amines) is 1. The first-order chi connectivity index (χ1) is 16.5. The van der Waals surface area contributed by atoms with Gasteiger partial charge in [-0.25, -0.2) is 0 Å². The van der Waals surface area contributed by atoms with Crippen LogP contribution in [0.1, 0.15) is 37.8 Å². The van der Waals surface area contributed by atoms with Crippen molar-refractivity contribution < 1.29 is 23.9 Å². The molecule has 7 nitrogen and oxygen atoms in total. The van der Waals surface area contributed by atoms with E-state index in [4.69, 9.17) is 9.47 Å². The largest absolute Gasteiger partial charge is 0.497 e. The number of esters is 1. The Kier molecular flexibility index (Phi) is 5.68. The molecule has 0 aromatic heterocycles. The molecule has 3 aliphatic rings. The third kappa shape index (κ3) is 3.10. The number of fused-ring (bicyclic) bond motifs is 3. The van der Waals surface area contributed by atoms with Crippen molar-refractivity contribution in [2.24, 2.45) is 11.8 Å². The van der Waals surface area contributed by atoms with Gasteiger partial charge in [-0.2, -0.15) is 0 Å². The fourth-order valence-electron chi connectivity index (χ4n) is 6.38. The molecule has 3 fully saturated rings. The van der Waals surface area contributed by atoms with Gasteiger partial charge in [0.15, 0.2) is 0 Å². The van der Waals surface area contributed by atoms with Crippen LogP contribution < -0.4 is 4.74 Å². The monoisotopic (exact) mass is 462 g/mol. The van der Waals surface area contributed by atoms with Crippen LogP contribution in [-0.4, -0.2) is 60.4 Å². The highest BCUT2D eigenvalue weighted by atomic mass is 16.5. The summed E-state index contributed by atoms with van der Waals surface area (Å²) in [7, 11) is 3.01. The number of carbonyl (C=O) groups is 3. The number of amides is 2. The van der Waals surface area contributed by atoms with Crippen LogP contribution in [0.15, 0.2) is 48.5 Å². The zero-order valence-electron chi connectivity index (χ0n) is 19.8. The number of benzene rings is 2. The number of rotatable bonds is 5. The minimum absolute atomic E-state index is 0.181. The van der Waals surface area contributed by atoms with Crippen molar-refractivity contribution in [1.29, 1.82) is 0 Å². The van der Waals surface area contributed by atoms with Crippen LogP contribution in [0.2, 0.25) is 0 Å². The number of piperidine rings is 1. The molecule has 7 heteroatoms. The van der Waals surface area contributed by atoms with Crippen molar-refractivity contribution >= 4 is 17.8 Å². The Bertz CT molecular complexity index is 1110. The average Bonchev–Trinajstić information content (AvgIpc) is 3.33. The molecule has 2 aromatic rings. The molecule has 0 aliphatic carbocycles. The molecule has 3 saturated heterocycles. The first-order valence-electron chi connectivity index (χ1n) is 11.9. The van der Waals surface area contributed by atoms with E-state index in [2.05, 4.69) is 4.90 Å². The maximum absolute atomic E-state index is 13.5. The Balaban J connectivity index is 1.58. The van der Waals surface area contributed by atoms with E-state index in [9.17, 15) is 14.4 Å². The maximum atomic E-state index is 13.5. The predicted octanol–water partition coefficient (Wildman–Crippen LogP) is 3.44. The summed E-state index contributed by atoms with van der Waals surface area (Å²) in [6.45, 7) is 2.77. The quantitative estimate of drug-likeness (QED) is 0.501. The van der Waals surface area contributed by atoms with Crippen molar-refractivity contribution in [3.8, 4) is 16.9 Å². The van der Waals surface area contributed by atoms with E-state index in [1.54, 1.807) is 14.0 Å². The fourth-order valence-corrected chi connectivity index (χ4v) is 6.38. The average molecular weight is 463 g/mol. The molecular formula is C27H30N2O5. The number of hydrogen-bond donors (Lipinski definition) is 0. The molecule has 3 heterocycles. The van der Waals surface area contributed by atoms with Crippen molar-refractivity contribution in [1.82, 2.24) is 9.80 Å². The molecule has 2 aromatic carbocycles. The number of ether oxygens (including phenoxy) is 2. The van der Waals surface area contributed by atoms with Gasteiger partial charge in [0, 0.05) is 12.6 Å². The summed E-state index contributed by atoms with van der Waals surface area (Å²) in [5, 5.41) is 0. The second-order valence-corrected chi connectivity index (χ2v) is 9.29. The second kappa shape index (κ2) is 8.55. The molecule has 178 valence electrons. The van der Waals surface area contributed by atoms with E-state index in [1.807, 2.05) is 48.5 Å². The van der Waals surface area contributed by atoms with Gasteiger partial charge in [0.2, 0.25) is 11.8 Å². The van der Waals surface area contributed by atoms with Crippen LogP contribution >= 0.6 is 0 Å². The van der Waals surface area contributed by atoms with E-state index >= 15 is 0 Å². The molecule has 0 radical (unpaired) electrons. The zero-order valence-corrected chi connectivity index (χ0v) is 19.8. The van der Waals surface area contributed by atoms with Crippen LogP contribution in [0, 0.1) is 11.8 Å². The van der Waals surface area contributed by atoms with Gasteiger partial charge in [-0.1, -0.05) is 36.4 Å². The smallest absolute Gasteiger partial charge is 0.327 e. The van der Waals surface area contributed by atoms with Crippen LogP contribution in [-0.2, 0) is 19.1 Å². The number of nitrogens with zero attached hydrogens (tertiary/aromatic N) is 2. The van der Waals surface area contributed by atoms with Gasteiger partial charge in [-0.15, -0.1) is 0 Å². The summed E-state index contributed by atoms with van der Waals surface area (Å²) in [4.78, 5) is 43.6. The van der Waals surface area contributed by atoms with E-state index in [0.717, 1.165) is 35.3 Å². The standard InChI is InChI=1S/C27H30N2O5/c1-4-28-24(30)21-22(25(28)31)27(26(32)34-3)15-5-6-16-29(27)23(21)19-9-7-17(8-10-19)18-11-13-20(33-2)14-12-18/h7-14,21-23H,4-6,15-16H2,1-3H3/t21-,22-,23+,27-/m0/s1. The topological polar surface area (TPSA) is 76.2 Å². The van der Waals surface area contributed by atoms with Crippen LogP contribution in [0.5, 0.6) is 5.75 Å². The van der Waals surface area contributed by atoms with E-state index < -0.39 is 23.3 Å². The molecule has 0 unspecified atom stereocenters. The third-order valence-corrected chi connectivity index (χ3v) is 7.88. The lowest BCUT2D eigenvalue weighted by Gasteiger charge is -2.44. The molecule has 4 atom stereocenters. The van der Waals surface area contributed by atoms with Crippen molar-refractivity contribution in [3.05, 3.63) is 54.1 Å². The highest BCUT2D eigenvalue weighted by Gasteiger charge is 2.72. The Hall–Kier alpha value is -3.19. The van der Waals surface area contributed by atoms with E-state index in [-0.39, 0.29) is 17.9 Å². The number of carbonyl (C=O) groups excluding carboxylic acids is 3. The first-order valence-corrected chi connectivity index (χ1v) is 11.9. The summed E-state index contributed by atoms with van der Waals surface area (Å²) >= 11 is 0.